The third kappa shape index (κ3) is 8.39. The van der Waals surface area contributed by atoms with E-state index < -0.39 is 22.7 Å². The van der Waals surface area contributed by atoms with Crippen molar-refractivity contribution in [1.82, 2.24) is 9.62 Å². The highest BCUT2D eigenvalue weighted by Gasteiger charge is 2.33. The molecule has 0 aliphatic carbocycles. The summed E-state index contributed by atoms with van der Waals surface area (Å²) in [6.45, 7) is 1.81. The molecule has 8 heteroatoms. The summed E-state index contributed by atoms with van der Waals surface area (Å²) in [5.74, 6) is -0.268. The Morgan fingerprint density at radius 2 is 1.82 bits per heavy atom. The van der Waals surface area contributed by atoms with Crippen molar-refractivity contribution in [3.05, 3.63) is 0 Å². The SMILES string of the molecule is CCCNCCCS(=O)(=O)N(C)CC(F)(F)F. The summed E-state index contributed by atoms with van der Waals surface area (Å²) in [7, 11) is -2.86. The fraction of sp³-hybridized carbons (Fsp3) is 1.00. The van der Waals surface area contributed by atoms with Gasteiger partial charge in [-0.3, -0.25) is 0 Å². The van der Waals surface area contributed by atoms with Gasteiger partial charge in [-0.1, -0.05) is 6.92 Å². The molecule has 0 radical (unpaired) electrons. The Morgan fingerprint density at radius 1 is 1.24 bits per heavy atom. The predicted octanol–water partition coefficient (Wildman–Crippen LogP) is 1.20. The van der Waals surface area contributed by atoms with Crippen LogP contribution in [-0.4, -0.2) is 51.3 Å². The van der Waals surface area contributed by atoms with Gasteiger partial charge in [0.05, 0.1) is 5.75 Å². The zero-order chi connectivity index (χ0) is 13.5. The number of rotatable bonds is 8. The Morgan fingerprint density at radius 3 is 2.29 bits per heavy atom. The smallest absolute Gasteiger partial charge is 0.317 e. The van der Waals surface area contributed by atoms with Crippen molar-refractivity contribution in [3.8, 4) is 0 Å². The molecule has 0 aromatic rings. The van der Waals surface area contributed by atoms with E-state index in [9.17, 15) is 21.6 Å². The maximum atomic E-state index is 12.0. The first kappa shape index (κ1) is 16.7. The highest BCUT2D eigenvalue weighted by atomic mass is 32.2. The van der Waals surface area contributed by atoms with Crippen molar-refractivity contribution in [3.63, 3.8) is 0 Å². The molecule has 4 nitrogen and oxygen atoms in total. The van der Waals surface area contributed by atoms with Gasteiger partial charge in [0.2, 0.25) is 10.0 Å². The summed E-state index contributed by atoms with van der Waals surface area (Å²) in [6.07, 6.45) is -3.26. The standard InChI is InChI=1S/C9H19F3N2O2S/c1-3-5-13-6-4-7-17(15,16)14(2)8-9(10,11)12/h13H,3-8H2,1-2H3. The number of nitrogens with zero attached hydrogens (tertiary/aromatic N) is 1. The van der Waals surface area contributed by atoms with Gasteiger partial charge >= 0.3 is 6.18 Å². The van der Waals surface area contributed by atoms with Crippen LogP contribution in [0.4, 0.5) is 13.2 Å². The second kappa shape index (κ2) is 7.17. The zero-order valence-corrected chi connectivity index (χ0v) is 10.9. The number of alkyl halides is 3. The summed E-state index contributed by atoms with van der Waals surface area (Å²) < 4.78 is 59.3. The normalized spacial score (nSPS) is 13.3. The van der Waals surface area contributed by atoms with Gasteiger partial charge in [0.15, 0.2) is 0 Å². The van der Waals surface area contributed by atoms with E-state index >= 15 is 0 Å². The van der Waals surface area contributed by atoms with E-state index in [1.54, 1.807) is 0 Å². The fourth-order valence-electron chi connectivity index (χ4n) is 1.19. The molecule has 17 heavy (non-hydrogen) atoms. The first-order chi connectivity index (χ1) is 7.69. The summed E-state index contributed by atoms with van der Waals surface area (Å²) >= 11 is 0. The molecular formula is C9H19F3N2O2S. The van der Waals surface area contributed by atoms with Crippen molar-refractivity contribution in [2.75, 3.05) is 32.4 Å². The molecule has 0 aliphatic heterocycles. The van der Waals surface area contributed by atoms with E-state index in [1.165, 1.54) is 0 Å². The van der Waals surface area contributed by atoms with Crippen LogP contribution in [-0.2, 0) is 10.0 Å². The van der Waals surface area contributed by atoms with Crippen LogP contribution in [0.3, 0.4) is 0 Å². The molecule has 0 bridgehead atoms. The summed E-state index contributed by atoms with van der Waals surface area (Å²) in [5.41, 5.74) is 0. The molecule has 104 valence electrons. The van der Waals surface area contributed by atoms with Crippen LogP contribution in [0.15, 0.2) is 0 Å². The number of hydrogen-bond donors (Lipinski definition) is 1. The average molecular weight is 276 g/mol. The Bertz CT molecular complexity index is 304. The number of sulfonamides is 1. The Labute approximate surface area is 100 Å². The van der Waals surface area contributed by atoms with Gasteiger partial charge < -0.3 is 5.32 Å². The minimum Gasteiger partial charge on any atom is -0.317 e. The van der Waals surface area contributed by atoms with E-state index in [0.29, 0.717) is 17.3 Å². The van der Waals surface area contributed by atoms with E-state index in [4.69, 9.17) is 0 Å². The van der Waals surface area contributed by atoms with Crippen LogP contribution in [0.2, 0.25) is 0 Å². The van der Waals surface area contributed by atoms with Crippen LogP contribution in [0.25, 0.3) is 0 Å². The Hall–Kier alpha value is -0.340. The van der Waals surface area contributed by atoms with Crippen molar-refractivity contribution in [1.29, 1.82) is 0 Å². The van der Waals surface area contributed by atoms with Crippen LogP contribution >= 0.6 is 0 Å². The molecular weight excluding hydrogens is 257 g/mol. The van der Waals surface area contributed by atoms with Crippen molar-refractivity contribution in [2.45, 2.75) is 25.9 Å². The molecule has 0 aromatic carbocycles. The predicted molar refractivity (Wildman–Crippen MR) is 60.2 cm³/mol. The van der Waals surface area contributed by atoms with Crippen LogP contribution in [0.1, 0.15) is 19.8 Å². The lowest BCUT2D eigenvalue weighted by atomic mass is 10.4. The maximum Gasteiger partial charge on any atom is 0.402 e. The fourth-order valence-corrected chi connectivity index (χ4v) is 2.35. The van der Waals surface area contributed by atoms with Gasteiger partial charge in [-0.2, -0.15) is 17.5 Å². The molecule has 0 rings (SSSR count). The van der Waals surface area contributed by atoms with E-state index in [-0.39, 0.29) is 5.75 Å². The van der Waals surface area contributed by atoms with Crippen molar-refractivity contribution < 1.29 is 21.6 Å². The lowest BCUT2D eigenvalue weighted by Crippen LogP contribution is -2.37. The van der Waals surface area contributed by atoms with Crippen LogP contribution in [0.5, 0.6) is 0 Å². The summed E-state index contributed by atoms with van der Waals surface area (Å²) in [4.78, 5) is 0. The molecule has 0 aliphatic rings. The molecule has 0 saturated heterocycles. The van der Waals surface area contributed by atoms with Gasteiger partial charge in [0.25, 0.3) is 0 Å². The molecule has 1 N–H and O–H groups in total. The third-order valence-corrected chi connectivity index (χ3v) is 3.94. The number of halogens is 3. The quantitative estimate of drug-likeness (QED) is 0.678. The molecule has 0 heterocycles. The second-order valence-electron chi connectivity index (χ2n) is 3.79. The Kier molecular flexibility index (Phi) is 7.03. The molecule has 0 aromatic heterocycles. The minimum atomic E-state index is -4.50. The second-order valence-corrected chi connectivity index (χ2v) is 5.99. The minimum absolute atomic E-state index is 0.268. The first-order valence-corrected chi connectivity index (χ1v) is 7.01. The van der Waals surface area contributed by atoms with Gasteiger partial charge in [-0.15, -0.1) is 0 Å². The molecule has 0 amide bonds. The molecule has 0 fully saturated rings. The molecule has 0 atom stereocenters. The van der Waals surface area contributed by atoms with Gasteiger partial charge in [-0.25, -0.2) is 8.42 Å². The third-order valence-electron chi connectivity index (χ3n) is 2.06. The van der Waals surface area contributed by atoms with E-state index in [1.807, 2.05) is 6.92 Å². The van der Waals surface area contributed by atoms with Crippen molar-refractivity contribution >= 4 is 10.0 Å². The van der Waals surface area contributed by atoms with Crippen LogP contribution < -0.4 is 5.32 Å². The zero-order valence-electron chi connectivity index (χ0n) is 10.0. The maximum absolute atomic E-state index is 12.0. The Balaban J connectivity index is 4.02. The highest BCUT2D eigenvalue weighted by molar-refractivity contribution is 7.89. The van der Waals surface area contributed by atoms with Crippen molar-refractivity contribution in [2.24, 2.45) is 0 Å². The number of nitrogens with one attached hydrogen (secondary N) is 1. The highest BCUT2D eigenvalue weighted by Crippen LogP contribution is 2.17. The summed E-state index contributed by atoms with van der Waals surface area (Å²) in [5, 5.41) is 2.99. The lowest BCUT2D eigenvalue weighted by molar-refractivity contribution is -0.134. The van der Waals surface area contributed by atoms with E-state index in [2.05, 4.69) is 5.32 Å². The van der Waals surface area contributed by atoms with Gasteiger partial charge in [-0.05, 0) is 25.9 Å². The topological polar surface area (TPSA) is 49.4 Å². The average Bonchev–Trinajstić information content (AvgIpc) is 2.14. The largest absolute Gasteiger partial charge is 0.402 e. The first-order valence-electron chi connectivity index (χ1n) is 5.40. The molecule has 0 spiro atoms. The van der Waals surface area contributed by atoms with Gasteiger partial charge in [0.1, 0.15) is 6.54 Å². The molecule has 0 saturated carbocycles. The van der Waals surface area contributed by atoms with Crippen LogP contribution in [0, 0.1) is 0 Å². The van der Waals surface area contributed by atoms with Gasteiger partial charge in [0, 0.05) is 7.05 Å². The lowest BCUT2D eigenvalue weighted by Gasteiger charge is -2.18. The van der Waals surface area contributed by atoms with E-state index in [0.717, 1.165) is 20.0 Å². The number of hydrogen-bond acceptors (Lipinski definition) is 3. The summed E-state index contributed by atoms with van der Waals surface area (Å²) in [6, 6.07) is 0. The monoisotopic (exact) mass is 276 g/mol. The molecule has 0 unspecified atom stereocenters.